The quantitative estimate of drug-likeness (QED) is 0.223. The molecule has 2 heterocycles. The van der Waals surface area contributed by atoms with E-state index in [1.165, 1.54) is 35.6 Å². The molecule has 0 aliphatic heterocycles. The van der Waals surface area contributed by atoms with Crippen LogP contribution in [0.25, 0.3) is 16.4 Å². The first kappa shape index (κ1) is 22.1. The molecule has 168 valence electrons. The second-order valence-corrected chi connectivity index (χ2v) is 7.71. The lowest BCUT2D eigenvalue weighted by Gasteiger charge is -2.09. The lowest BCUT2D eigenvalue weighted by Crippen LogP contribution is -2.12. The van der Waals surface area contributed by atoms with Gasteiger partial charge in [-0.1, -0.05) is 18.2 Å². The van der Waals surface area contributed by atoms with Crippen molar-refractivity contribution >= 4 is 28.6 Å². The molecule has 4 rings (SSSR count). The van der Waals surface area contributed by atoms with Crippen molar-refractivity contribution in [2.45, 2.75) is 0 Å². The third-order valence-corrected chi connectivity index (χ3v) is 5.38. The van der Waals surface area contributed by atoms with Crippen LogP contribution in [-0.2, 0) is 4.74 Å². The van der Waals surface area contributed by atoms with Crippen LogP contribution in [0.3, 0.4) is 0 Å². The van der Waals surface area contributed by atoms with Gasteiger partial charge in [0, 0.05) is 30.5 Å². The van der Waals surface area contributed by atoms with Crippen LogP contribution in [0.5, 0.6) is 6.01 Å². The van der Waals surface area contributed by atoms with Crippen molar-refractivity contribution in [2.75, 3.05) is 25.6 Å². The molecule has 0 fully saturated rings. The van der Waals surface area contributed by atoms with E-state index in [-0.39, 0.29) is 17.3 Å². The van der Waals surface area contributed by atoms with Crippen LogP contribution in [0.1, 0.15) is 10.4 Å². The summed E-state index contributed by atoms with van der Waals surface area (Å²) in [7, 11) is 1.58. The number of carbonyl (C=O) groups is 1. The van der Waals surface area contributed by atoms with E-state index in [0.717, 1.165) is 4.88 Å². The molecule has 2 aromatic heterocycles. The number of thiophene rings is 1. The van der Waals surface area contributed by atoms with Gasteiger partial charge in [-0.2, -0.15) is 4.98 Å². The Labute approximate surface area is 192 Å². The van der Waals surface area contributed by atoms with E-state index < -0.39 is 10.8 Å². The van der Waals surface area contributed by atoms with E-state index in [9.17, 15) is 14.9 Å². The summed E-state index contributed by atoms with van der Waals surface area (Å²) in [4.78, 5) is 28.5. The Balaban J connectivity index is 1.61. The zero-order valence-corrected chi connectivity index (χ0v) is 18.3. The molecule has 0 radical (unpaired) electrons. The van der Waals surface area contributed by atoms with Crippen LogP contribution in [0.15, 0.2) is 66.0 Å². The number of nitro benzene ring substituents is 1. The number of amides is 1. The van der Waals surface area contributed by atoms with E-state index >= 15 is 0 Å². The van der Waals surface area contributed by atoms with E-state index in [1.807, 2.05) is 23.6 Å². The maximum Gasteiger partial charge on any atom is 0.336 e. The van der Waals surface area contributed by atoms with Gasteiger partial charge in [0.05, 0.1) is 22.1 Å². The zero-order chi connectivity index (χ0) is 23.2. The summed E-state index contributed by atoms with van der Waals surface area (Å²) in [5.74, 6) is 0.135. The van der Waals surface area contributed by atoms with Crippen molar-refractivity contribution < 1.29 is 19.2 Å². The summed E-state index contributed by atoms with van der Waals surface area (Å²) in [6, 6.07) is 16.7. The number of nitrogens with zero attached hydrogens (tertiary/aromatic N) is 4. The Hall–Kier alpha value is -4.09. The number of methoxy groups -OCH3 is 1. The Morgan fingerprint density at radius 1 is 1.15 bits per heavy atom. The number of hydrogen-bond acceptors (Lipinski definition) is 8. The van der Waals surface area contributed by atoms with Crippen LogP contribution in [0.4, 0.5) is 11.4 Å². The number of nitrogens with one attached hydrogen (secondary N) is 1. The Morgan fingerprint density at radius 2 is 2.00 bits per heavy atom. The van der Waals surface area contributed by atoms with Crippen molar-refractivity contribution in [3.8, 4) is 22.4 Å². The van der Waals surface area contributed by atoms with Gasteiger partial charge in [0.25, 0.3) is 11.6 Å². The molecule has 33 heavy (non-hydrogen) atoms. The average Bonchev–Trinajstić information content (AvgIpc) is 3.49. The van der Waals surface area contributed by atoms with Gasteiger partial charge in [0.1, 0.15) is 6.61 Å². The van der Waals surface area contributed by atoms with Crippen molar-refractivity contribution in [3.05, 3.63) is 81.7 Å². The molecule has 0 spiro atoms. The maximum absolute atomic E-state index is 12.6. The highest BCUT2D eigenvalue weighted by atomic mass is 32.1. The number of anilines is 1. The van der Waals surface area contributed by atoms with E-state index in [1.54, 1.807) is 30.0 Å². The molecule has 10 nitrogen and oxygen atoms in total. The predicted molar refractivity (Wildman–Crippen MR) is 123 cm³/mol. The van der Waals surface area contributed by atoms with Crippen LogP contribution in [0.2, 0.25) is 0 Å². The zero-order valence-electron chi connectivity index (χ0n) is 17.5. The highest BCUT2D eigenvalue weighted by molar-refractivity contribution is 7.13. The molecule has 0 bridgehead atoms. The molecule has 0 unspecified atom stereocenters. The lowest BCUT2D eigenvalue weighted by atomic mass is 10.2. The first-order chi connectivity index (χ1) is 16.0. The monoisotopic (exact) mass is 465 g/mol. The van der Waals surface area contributed by atoms with Gasteiger partial charge in [-0.3, -0.25) is 14.9 Å². The van der Waals surface area contributed by atoms with Gasteiger partial charge < -0.3 is 14.8 Å². The van der Waals surface area contributed by atoms with E-state index in [2.05, 4.69) is 15.4 Å². The highest BCUT2D eigenvalue weighted by Gasteiger charge is 2.17. The molecular weight excluding hydrogens is 446 g/mol. The fraction of sp³-hybridized carbons (Fsp3) is 0.136. The molecule has 0 aliphatic rings. The summed E-state index contributed by atoms with van der Waals surface area (Å²) in [5, 5.41) is 20.2. The Morgan fingerprint density at radius 3 is 2.76 bits per heavy atom. The van der Waals surface area contributed by atoms with Gasteiger partial charge in [-0.05, 0) is 35.7 Å². The van der Waals surface area contributed by atoms with Gasteiger partial charge >= 0.3 is 6.01 Å². The minimum atomic E-state index is -0.541. The summed E-state index contributed by atoms with van der Waals surface area (Å²) in [6.45, 7) is 0.714. The maximum atomic E-state index is 12.6. The minimum Gasteiger partial charge on any atom is -0.460 e. The number of hydrogen-bond donors (Lipinski definition) is 1. The molecule has 0 saturated heterocycles. The molecule has 4 aromatic rings. The number of benzene rings is 2. The predicted octanol–water partition coefficient (Wildman–Crippen LogP) is 4.18. The van der Waals surface area contributed by atoms with Gasteiger partial charge in [-0.15, -0.1) is 16.4 Å². The number of ether oxygens (including phenoxy) is 2. The summed E-state index contributed by atoms with van der Waals surface area (Å²) >= 11 is 1.51. The second kappa shape index (κ2) is 10.0. The number of nitro groups is 1. The standard InChI is InChI=1S/C22H19N5O5S/c1-31-10-11-32-22-24-20(19-9-4-12-33-19)26(25-22)17-7-3-6-16(14-17)23-21(28)15-5-2-8-18(13-15)27(29)30/h2-9,12-14H,10-11H2,1H3,(H,23,28). The second-order valence-electron chi connectivity index (χ2n) is 6.76. The SMILES string of the molecule is COCCOc1nc(-c2cccs2)n(-c2cccc(NC(=O)c3cccc([N+](=O)[O-])c3)c2)n1. The largest absolute Gasteiger partial charge is 0.460 e. The number of non-ortho nitro benzene ring substituents is 1. The topological polar surface area (TPSA) is 121 Å². The van der Waals surface area contributed by atoms with E-state index in [4.69, 9.17) is 9.47 Å². The molecule has 1 N–H and O–H groups in total. The van der Waals surface area contributed by atoms with Crippen molar-refractivity contribution in [2.24, 2.45) is 0 Å². The Bertz CT molecular complexity index is 1270. The average molecular weight is 465 g/mol. The first-order valence-electron chi connectivity index (χ1n) is 9.84. The van der Waals surface area contributed by atoms with E-state index in [0.29, 0.717) is 30.4 Å². The number of carbonyl (C=O) groups excluding carboxylic acids is 1. The normalized spacial score (nSPS) is 10.7. The summed E-state index contributed by atoms with van der Waals surface area (Å²) < 4.78 is 12.2. The molecule has 0 atom stereocenters. The van der Waals surface area contributed by atoms with Gasteiger partial charge in [-0.25, -0.2) is 4.68 Å². The highest BCUT2D eigenvalue weighted by Crippen LogP contribution is 2.28. The molecular formula is C22H19N5O5S. The third kappa shape index (κ3) is 5.22. The number of rotatable bonds is 9. The summed E-state index contributed by atoms with van der Waals surface area (Å²) in [6.07, 6.45) is 0. The van der Waals surface area contributed by atoms with Crippen molar-refractivity contribution in [1.29, 1.82) is 0 Å². The molecule has 0 aliphatic carbocycles. The molecule has 0 saturated carbocycles. The molecule has 2 aromatic carbocycles. The fourth-order valence-corrected chi connectivity index (χ4v) is 3.69. The smallest absolute Gasteiger partial charge is 0.336 e. The number of aromatic nitrogens is 3. The lowest BCUT2D eigenvalue weighted by molar-refractivity contribution is -0.384. The minimum absolute atomic E-state index is 0.152. The van der Waals surface area contributed by atoms with Crippen LogP contribution in [0, 0.1) is 10.1 Å². The molecule has 1 amide bonds. The fourth-order valence-electron chi connectivity index (χ4n) is 3.00. The Kier molecular flexibility index (Phi) is 6.72. The first-order valence-corrected chi connectivity index (χ1v) is 10.7. The van der Waals surface area contributed by atoms with Crippen molar-refractivity contribution in [1.82, 2.24) is 14.8 Å². The third-order valence-electron chi connectivity index (χ3n) is 4.52. The molecule has 11 heteroatoms. The van der Waals surface area contributed by atoms with Crippen LogP contribution < -0.4 is 10.1 Å². The summed E-state index contributed by atoms with van der Waals surface area (Å²) in [5.41, 5.74) is 1.19. The van der Waals surface area contributed by atoms with Crippen LogP contribution in [-0.4, -0.2) is 45.9 Å². The van der Waals surface area contributed by atoms with Gasteiger partial charge in [0.2, 0.25) is 0 Å². The van der Waals surface area contributed by atoms with Gasteiger partial charge in [0.15, 0.2) is 5.82 Å². The van der Waals surface area contributed by atoms with Crippen molar-refractivity contribution in [3.63, 3.8) is 0 Å². The van der Waals surface area contributed by atoms with Crippen LogP contribution >= 0.6 is 11.3 Å².